The van der Waals surface area contributed by atoms with Crippen LogP contribution in [0.25, 0.3) is 0 Å². The van der Waals surface area contributed by atoms with E-state index in [4.69, 9.17) is 16.7 Å². The normalized spacial score (nSPS) is 10.1. The van der Waals surface area contributed by atoms with E-state index in [1.807, 2.05) is 0 Å². The lowest BCUT2D eigenvalue weighted by Crippen LogP contribution is -2.15. The van der Waals surface area contributed by atoms with Crippen LogP contribution in [0.2, 0.25) is 5.02 Å². The zero-order valence-electron chi connectivity index (χ0n) is 10.3. The van der Waals surface area contributed by atoms with Crippen molar-refractivity contribution in [1.82, 2.24) is 4.98 Å². The van der Waals surface area contributed by atoms with Gasteiger partial charge in [0.25, 0.3) is 0 Å². The van der Waals surface area contributed by atoms with E-state index in [1.54, 1.807) is 24.3 Å². The average Bonchev–Trinajstić information content (AvgIpc) is 2.38. The third kappa shape index (κ3) is 3.80. The minimum absolute atomic E-state index is 0.120. The second kappa shape index (κ2) is 6.16. The Bertz CT molecular complexity index is 658. The number of carbonyl (C=O) groups is 2. The minimum Gasteiger partial charge on any atom is -0.477 e. The van der Waals surface area contributed by atoms with Gasteiger partial charge in [-0.2, -0.15) is 0 Å². The Morgan fingerprint density at radius 3 is 2.75 bits per heavy atom. The molecule has 6 heteroatoms. The van der Waals surface area contributed by atoms with E-state index in [1.165, 1.54) is 18.3 Å². The maximum Gasteiger partial charge on any atom is 0.354 e. The van der Waals surface area contributed by atoms with E-state index in [0.29, 0.717) is 10.7 Å². The van der Waals surface area contributed by atoms with Gasteiger partial charge in [-0.05, 0) is 29.8 Å². The quantitative estimate of drug-likeness (QED) is 0.907. The molecule has 20 heavy (non-hydrogen) atoms. The molecule has 0 aliphatic carbocycles. The maximum absolute atomic E-state index is 11.9. The SMILES string of the molecule is O=C(Cc1cccc(Cl)c1)Nc1ccnc(C(=O)O)c1. The van der Waals surface area contributed by atoms with Crippen LogP contribution in [-0.2, 0) is 11.2 Å². The Morgan fingerprint density at radius 2 is 2.05 bits per heavy atom. The highest BCUT2D eigenvalue weighted by molar-refractivity contribution is 6.30. The van der Waals surface area contributed by atoms with Gasteiger partial charge in [-0.1, -0.05) is 23.7 Å². The van der Waals surface area contributed by atoms with Crippen molar-refractivity contribution < 1.29 is 14.7 Å². The summed E-state index contributed by atoms with van der Waals surface area (Å²) < 4.78 is 0. The lowest BCUT2D eigenvalue weighted by Gasteiger charge is -2.06. The molecular formula is C14H11ClN2O3. The molecule has 0 saturated carbocycles. The number of nitrogens with zero attached hydrogens (tertiary/aromatic N) is 1. The Kier molecular flexibility index (Phi) is 4.32. The molecule has 0 aliphatic rings. The first-order chi connectivity index (χ1) is 9.54. The number of carboxylic acid groups (broad SMARTS) is 1. The number of halogens is 1. The lowest BCUT2D eigenvalue weighted by molar-refractivity contribution is -0.115. The molecule has 0 saturated heterocycles. The minimum atomic E-state index is -1.14. The molecular weight excluding hydrogens is 280 g/mol. The zero-order chi connectivity index (χ0) is 14.5. The van der Waals surface area contributed by atoms with Crippen molar-refractivity contribution in [2.24, 2.45) is 0 Å². The number of hydrogen-bond donors (Lipinski definition) is 2. The molecule has 1 aromatic heterocycles. The van der Waals surface area contributed by atoms with Crippen LogP contribution >= 0.6 is 11.6 Å². The first-order valence-electron chi connectivity index (χ1n) is 5.78. The van der Waals surface area contributed by atoms with Gasteiger partial charge < -0.3 is 10.4 Å². The van der Waals surface area contributed by atoms with Crippen LogP contribution in [0.4, 0.5) is 5.69 Å². The van der Waals surface area contributed by atoms with Gasteiger partial charge in [0.1, 0.15) is 5.69 Å². The van der Waals surface area contributed by atoms with Crippen molar-refractivity contribution in [2.75, 3.05) is 5.32 Å². The summed E-state index contributed by atoms with van der Waals surface area (Å²) in [4.78, 5) is 26.3. The monoisotopic (exact) mass is 290 g/mol. The number of hydrogen-bond acceptors (Lipinski definition) is 3. The molecule has 0 radical (unpaired) electrons. The van der Waals surface area contributed by atoms with E-state index in [-0.39, 0.29) is 18.0 Å². The molecule has 0 aliphatic heterocycles. The predicted molar refractivity (Wildman–Crippen MR) is 75.0 cm³/mol. The van der Waals surface area contributed by atoms with Crippen LogP contribution in [0.3, 0.4) is 0 Å². The van der Waals surface area contributed by atoms with Crippen molar-refractivity contribution in [3.63, 3.8) is 0 Å². The van der Waals surface area contributed by atoms with E-state index >= 15 is 0 Å². The summed E-state index contributed by atoms with van der Waals surface area (Å²) in [5.41, 5.74) is 1.05. The Morgan fingerprint density at radius 1 is 1.25 bits per heavy atom. The van der Waals surface area contributed by atoms with Gasteiger partial charge >= 0.3 is 5.97 Å². The summed E-state index contributed by atoms with van der Waals surface area (Å²) in [7, 11) is 0. The van der Waals surface area contributed by atoms with E-state index in [2.05, 4.69) is 10.3 Å². The molecule has 1 amide bonds. The number of carbonyl (C=O) groups excluding carboxylic acids is 1. The molecule has 1 heterocycles. The van der Waals surface area contributed by atoms with Gasteiger partial charge in [-0.3, -0.25) is 4.79 Å². The van der Waals surface area contributed by atoms with Crippen molar-refractivity contribution in [3.05, 3.63) is 58.9 Å². The Labute approximate surface area is 120 Å². The van der Waals surface area contributed by atoms with Crippen LogP contribution in [0.1, 0.15) is 16.1 Å². The summed E-state index contributed by atoms with van der Waals surface area (Å²) in [6, 6.07) is 9.82. The molecule has 0 unspecified atom stereocenters. The summed E-state index contributed by atoms with van der Waals surface area (Å²) in [6.45, 7) is 0. The van der Waals surface area contributed by atoms with E-state index in [0.717, 1.165) is 5.56 Å². The van der Waals surface area contributed by atoms with Crippen molar-refractivity contribution in [3.8, 4) is 0 Å². The van der Waals surface area contributed by atoms with Crippen molar-refractivity contribution >= 4 is 29.2 Å². The third-order valence-electron chi connectivity index (χ3n) is 2.52. The summed E-state index contributed by atoms with van der Waals surface area (Å²) in [6.07, 6.45) is 1.49. The number of pyridine rings is 1. The van der Waals surface area contributed by atoms with Crippen molar-refractivity contribution in [1.29, 1.82) is 0 Å². The standard InChI is InChI=1S/C14H11ClN2O3/c15-10-3-1-2-9(6-10)7-13(18)17-11-4-5-16-12(8-11)14(19)20/h1-6,8H,7H2,(H,19,20)(H,16,17,18). The van der Waals surface area contributed by atoms with Gasteiger partial charge in [0.05, 0.1) is 6.42 Å². The molecule has 0 bridgehead atoms. The number of amides is 1. The number of carboxylic acids is 1. The fourth-order valence-electron chi connectivity index (χ4n) is 1.66. The van der Waals surface area contributed by atoms with Gasteiger partial charge in [-0.15, -0.1) is 0 Å². The number of benzene rings is 1. The second-order valence-corrected chi connectivity index (χ2v) is 4.53. The molecule has 1 aromatic carbocycles. The molecule has 2 N–H and O–H groups in total. The molecule has 2 aromatic rings. The molecule has 102 valence electrons. The van der Waals surface area contributed by atoms with Gasteiger partial charge in [-0.25, -0.2) is 9.78 Å². The van der Waals surface area contributed by atoms with Crippen LogP contribution in [0, 0.1) is 0 Å². The molecule has 0 atom stereocenters. The smallest absolute Gasteiger partial charge is 0.354 e. The van der Waals surface area contributed by atoms with Crippen LogP contribution in [-0.4, -0.2) is 22.0 Å². The number of rotatable bonds is 4. The fraction of sp³-hybridized carbons (Fsp3) is 0.0714. The van der Waals surface area contributed by atoms with Gasteiger partial charge in [0.2, 0.25) is 5.91 Å². The number of aromatic carboxylic acids is 1. The van der Waals surface area contributed by atoms with Crippen LogP contribution < -0.4 is 5.32 Å². The van der Waals surface area contributed by atoms with Crippen LogP contribution in [0.15, 0.2) is 42.6 Å². The summed E-state index contributed by atoms with van der Waals surface area (Å²) in [5.74, 6) is -1.40. The number of aromatic nitrogens is 1. The van der Waals surface area contributed by atoms with Crippen LogP contribution in [0.5, 0.6) is 0 Å². The third-order valence-corrected chi connectivity index (χ3v) is 2.75. The molecule has 2 rings (SSSR count). The summed E-state index contributed by atoms with van der Waals surface area (Å²) in [5, 5.41) is 12.0. The fourth-order valence-corrected chi connectivity index (χ4v) is 1.88. The first-order valence-corrected chi connectivity index (χ1v) is 6.16. The van der Waals surface area contributed by atoms with Gasteiger partial charge in [0, 0.05) is 16.9 Å². The second-order valence-electron chi connectivity index (χ2n) is 4.09. The summed E-state index contributed by atoms with van der Waals surface area (Å²) >= 11 is 5.84. The highest BCUT2D eigenvalue weighted by atomic mass is 35.5. The molecule has 0 spiro atoms. The molecule has 0 fully saturated rings. The zero-order valence-corrected chi connectivity index (χ0v) is 11.1. The number of anilines is 1. The van der Waals surface area contributed by atoms with Crippen molar-refractivity contribution in [2.45, 2.75) is 6.42 Å². The highest BCUT2D eigenvalue weighted by Crippen LogP contribution is 2.13. The number of nitrogens with one attached hydrogen (secondary N) is 1. The topological polar surface area (TPSA) is 79.3 Å². The maximum atomic E-state index is 11.9. The lowest BCUT2D eigenvalue weighted by atomic mass is 10.1. The van der Waals surface area contributed by atoms with Gasteiger partial charge in [0.15, 0.2) is 0 Å². The molecule has 5 nitrogen and oxygen atoms in total. The Hall–Kier alpha value is -2.40. The van der Waals surface area contributed by atoms with E-state index in [9.17, 15) is 9.59 Å². The highest BCUT2D eigenvalue weighted by Gasteiger charge is 2.08. The Balaban J connectivity index is 2.04. The average molecular weight is 291 g/mol. The largest absolute Gasteiger partial charge is 0.477 e. The van der Waals surface area contributed by atoms with E-state index < -0.39 is 5.97 Å². The first kappa shape index (κ1) is 14.0. The predicted octanol–water partition coefficient (Wildman–Crippen LogP) is 2.61.